The molecule has 0 bridgehead atoms. The predicted molar refractivity (Wildman–Crippen MR) is 71.9 cm³/mol. The van der Waals surface area contributed by atoms with Gasteiger partial charge in [0.15, 0.2) is 0 Å². The van der Waals surface area contributed by atoms with Gasteiger partial charge in [0.1, 0.15) is 5.15 Å². The minimum absolute atomic E-state index is 0.127. The predicted octanol–water partition coefficient (Wildman–Crippen LogP) is 3.94. The van der Waals surface area contributed by atoms with Gasteiger partial charge in [-0.15, -0.1) is 11.8 Å². The standard InChI is InChI=1S/C12H9ClN2O2S/c13-12-7-9(5-6-14-12)8-18-11-4-2-1-3-10(11)15(16)17/h1-7H,8H2. The molecule has 0 unspecified atom stereocenters. The highest BCUT2D eigenvalue weighted by Crippen LogP contribution is 2.31. The van der Waals surface area contributed by atoms with E-state index in [9.17, 15) is 10.1 Å². The van der Waals surface area contributed by atoms with E-state index in [1.165, 1.54) is 17.8 Å². The Morgan fingerprint density at radius 1 is 1.33 bits per heavy atom. The minimum atomic E-state index is -0.373. The highest BCUT2D eigenvalue weighted by Gasteiger charge is 2.12. The Morgan fingerprint density at radius 3 is 2.83 bits per heavy atom. The van der Waals surface area contributed by atoms with Crippen LogP contribution in [0.4, 0.5) is 5.69 Å². The Hall–Kier alpha value is -1.59. The molecule has 0 amide bonds. The first-order valence-electron chi connectivity index (χ1n) is 5.13. The maximum atomic E-state index is 10.8. The number of thioether (sulfide) groups is 1. The minimum Gasteiger partial charge on any atom is -0.258 e. The molecule has 92 valence electrons. The van der Waals surface area contributed by atoms with Crippen molar-refractivity contribution >= 4 is 29.1 Å². The van der Waals surface area contributed by atoms with Gasteiger partial charge < -0.3 is 0 Å². The Kier molecular flexibility index (Phi) is 4.17. The normalized spacial score (nSPS) is 10.3. The lowest BCUT2D eigenvalue weighted by atomic mass is 10.3. The summed E-state index contributed by atoms with van der Waals surface area (Å²) in [7, 11) is 0. The van der Waals surface area contributed by atoms with E-state index in [-0.39, 0.29) is 10.6 Å². The van der Waals surface area contributed by atoms with E-state index in [2.05, 4.69) is 4.98 Å². The molecule has 0 aliphatic heterocycles. The molecule has 1 aromatic carbocycles. The molecule has 6 heteroatoms. The molecule has 0 spiro atoms. The number of hydrogen-bond acceptors (Lipinski definition) is 4. The van der Waals surface area contributed by atoms with Gasteiger partial charge in [-0.3, -0.25) is 10.1 Å². The van der Waals surface area contributed by atoms with Crippen molar-refractivity contribution in [3.8, 4) is 0 Å². The summed E-state index contributed by atoms with van der Waals surface area (Å²) in [5, 5.41) is 11.3. The summed E-state index contributed by atoms with van der Waals surface area (Å²) < 4.78 is 0. The van der Waals surface area contributed by atoms with Gasteiger partial charge in [-0.25, -0.2) is 4.98 Å². The lowest BCUT2D eigenvalue weighted by Gasteiger charge is -2.03. The molecule has 1 heterocycles. The molecular formula is C12H9ClN2O2S. The van der Waals surface area contributed by atoms with Crippen LogP contribution in [0.3, 0.4) is 0 Å². The molecule has 0 saturated carbocycles. The molecule has 0 N–H and O–H groups in total. The second kappa shape index (κ2) is 5.84. The molecular weight excluding hydrogens is 272 g/mol. The smallest absolute Gasteiger partial charge is 0.258 e. The van der Waals surface area contributed by atoms with Crippen LogP contribution in [0.2, 0.25) is 5.15 Å². The van der Waals surface area contributed by atoms with Gasteiger partial charge in [-0.2, -0.15) is 0 Å². The fraction of sp³-hybridized carbons (Fsp3) is 0.0833. The first kappa shape index (κ1) is 12.9. The van der Waals surface area contributed by atoms with Crippen LogP contribution in [0.1, 0.15) is 5.56 Å². The van der Waals surface area contributed by atoms with Crippen molar-refractivity contribution in [2.75, 3.05) is 0 Å². The summed E-state index contributed by atoms with van der Waals surface area (Å²) in [6, 6.07) is 10.3. The van der Waals surface area contributed by atoms with Crippen LogP contribution < -0.4 is 0 Å². The van der Waals surface area contributed by atoms with E-state index >= 15 is 0 Å². The summed E-state index contributed by atoms with van der Waals surface area (Å²) in [5.41, 5.74) is 1.11. The molecule has 0 fully saturated rings. The highest BCUT2D eigenvalue weighted by molar-refractivity contribution is 7.98. The van der Waals surface area contributed by atoms with Crippen LogP contribution in [0.15, 0.2) is 47.5 Å². The number of nitro benzene ring substituents is 1. The number of nitrogens with zero attached hydrogens (tertiary/aromatic N) is 2. The van der Waals surface area contributed by atoms with Crippen molar-refractivity contribution in [3.05, 3.63) is 63.4 Å². The van der Waals surface area contributed by atoms with Crippen LogP contribution in [0, 0.1) is 10.1 Å². The van der Waals surface area contributed by atoms with Crippen molar-refractivity contribution in [1.29, 1.82) is 0 Å². The number of benzene rings is 1. The van der Waals surface area contributed by atoms with Gasteiger partial charge in [-0.05, 0) is 23.8 Å². The molecule has 18 heavy (non-hydrogen) atoms. The average molecular weight is 281 g/mol. The number of rotatable bonds is 4. The maximum absolute atomic E-state index is 10.8. The topological polar surface area (TPSA) is 56.0 Å². The van der Waals surface area contributed by atoms with Crippen molar-refractivity contribution in [1.82, 2.24) is 4.98 Å². The zero-order valence-electron chi connectivity index (χ0n) is 9.25. The second-order valence-electron chi connectivity index (χ2n) is 3.50. The molecule has 1 aromatic heterocycles. The molecule has 0 saturated heterocycles. The number of nitro groups is 1. The second-order valence-corrected chi connectivity index (χ2v) is 4.90. The van der Waals surface area contributed by atoms with Crippen molar-refractivity contribution < 1.29 is 4.92 Å². The largest absolute Gasteiger partial charge is 0.282 e. The number of halogens is 1. The van der Waals surface area contributed by atoms with Crippen LogP contribution in [-0.2, 0) is 5.75 Å². The average Bonchev–Trinajstić information content (AvgIpc) is 2.37. The van der Waals surface area contributed by atoms with Crippen LogP contribution in [0.5, 0.6) is 0 Å². The van der Waals surface area contributed by atoms with Gasteiger partial charge in [0.25, 0.3) is 5.69 Å². The van der Waals surface area contributed by atoms with Crippen LogP contribution in [0.25, 0.3) is 0 Å². The Morgan fingerprint density at radius 2 is 2.11 bits per heavy atom. The van der Waals surface area contributed by atoms with E-state index in [4.69, 9.17) is 11.6 Å². The third kappa shape index (κ3) is 3.21. The maximum Gasteiger partial charge on any atom is 0.282 e. The SMILES string of the molecule is O=[N+]([O-])c1ccccc1SCc1ccnc(Cl)c1. The molecule has 4 nitrogen and oxygen atoms in total. The molecule has 0 atom stereocenters. The van der Waals surface area contributed by atoms with Gasteiger partial charge in [0, 0.05) is 18.0 Å². The lowest BCUT2D eigenvalue weighted by Crippen LogP contribution is -1.90. The van der Waals surface area contributed by atoms with E-state index in [0.29, 0.717) is 15.8 Å². The Bertz CT molecular complexity index is 578. The summed E-state index contributed by atoms with van der Waals surface area (Å²) in [4.78, 5) is 15.0. The quantitative estimate of drug-likeness (QED) is 0.368. The zero-order chi connectivity index (χ0) is 13.0. The molecule has 0 aliphatic carbocycles. The highest BCUT2D eigenvalue weighted by atomic mass is 35.5. The number of hydrogen-bond donors (Lipinski definition) is 0. The summed E-state index contributed by atoms with van der Waals surface area (Å²) in [6.07, 6.45) is 1.62. The van der Waals surface area contributed by atoms with Gasteiger partial charge in [-0.1, -0.05) is 23.7 Å². The van der Waals surface area contributed by atoms with Gasteiger partial charge in [0.05, 0.1) is 9.82 Å². The monoisotopic (exact) mass is 280 g/mol. The van der Waals surface area contributed by atoms with Gasteiger partial charge >= 0.3 is 0 Å². The summed E-state index contributed by atoms with van der Waals surface area (Å²) in [6.45, 7) is 0. The molecule has 2 rings (SSSR count). The van der Waals surface area contributed by atoms with Crippen molar-refractivity contribution in [2.45, 2.75) is 10.6 Å². The van der Waals surface area contributed by atoms with Gasteiger partial charge in [0.2, 0.25) is 0 Å². The van der Waals surface area contributed by atoms with E-state index in [0.717, 1.165) is 5.56 Å². The van der Waals surface area contributed by atoms with Crippen molar-refractivity contribution in [3.63, 3.8) is 0 Å². The third-order valence-electron chi connectivity index (χ3n) is 2.25. The van der Waals surface area contributed by atoms with E-state index in [1.807, 2.05) is 6.07 Å². The van der Waals surface area contributed by atoms with Crippen LogP contribution >= 0.6 is 23.4 Å². The van der Waals surface area contributed by atoms with Crippen LogP contribution in [-0.4, -0.2) is 9.91 Å². The first-order valence-corrected chi connectivity index (χ1v) is 6.50. The first-order chi connectivity index (χ1) is 8.66. The van der Waals surface area contributed by atoms with E-state index < -0.39 is 0 Å². The number of pyridine rings is 1. The third-order valence-corrected chi connectivity index (χ3v) is 3.59. The van der Waals surface area contributed by atoms with E-state index in [1.54, 1.807) is 30.5 Å². The number of aromatic nitrogens is 1. The number of para-hydroxylation sites is 1. The zero-order valence-corrected chi connectivity index (χ0v) is 10.8. The molecule has 0 radical (unpaired) electrons. The molecule has 0 aliphatic rings. The fourth-order valence-corrected chi connectivity index (χ4v) is 2.59. The fourth-order valence-electron chi connectivity index (χ4n) is 1.42. The van der Waals surface area contributed by atoms with Crippen molar-refractivity contribution in [2.24, 2.45) is 0 Å². The molecule has 2 aromatic rings. The Balaban J connectivity index is 2.13. The Labute approximate surface area is 113 Å². The summed E-state index contributed by atoms with van der Waals surface area (Å²) in [5.74, 6) is 0.618. The summed E-state index contributed by atoms with van der Waals surface area (Å²) >= 11 is 7.19. The lowest BCUT2D eigenvalue weighted by molar-refractivity contribution is -0.387.